The number of carbonyl (C=O) groups is 1. The van der Waals surface area contributed by atoms with Crippen LogP contribution in [0, 0.1) is 12.8 Å². The summed E-state index contributed by atoms with van der Waals surface area (Å²) in [5, 5.41) is 9.53. The molecular weight excluding hydrogens is 497 g/mol. The molecule has 1 aliphatic rings. The molecule has 3 rings (SSSR count). The summed E-state index contributed by atoms with van der Waals surface area (Å²) < 4.78 is 0. The summed E-state index contributed by atoms with van der Waals surface area (Å²) in [6.45, 7) is 6.15. The normalized spacial score (nSPS) is 14.0. The van der Waals surface area contributed by atoms with Crippen LogP contribution in [0.3, 0.4) is 0 Å². The monoisotopic (exact) mass is 527 g/mol. The molecule has 0 spiro atoms. The Labute approximate surface area is 194 Å². The second kappa shape index (κ2) is 11.5. The van der Waals surface area contributed by atoms with Crippen LogP contribution < -0.4 is 10.6 Å². The van der Waals surface area contributed by atoms with Crippen molar-refractivity contribution in [2.75, 3.05) is 18.9 Å². The Balaban J connectivity index is 0.00000300. The van der Waals surface area contributed by atoms with Gasteiger partial charge in [-0.2, -0.15) is 0 Å². The minimum absolute atomic E-state index is 0. The maximum absolute atomic E-state index is 12.2. The number of aliphatic imine (C=N–C) groups is 1. The lowest BCUT2D eigenvalue weighted by molar-refractivity contribution is -0.122. The molecule has 29 heavy (non-hydrogen) atoms. The Bertz CT molecular complexity index is 834. The fourth-order valence-electron chi connectivity index (χ4n) is 3.10. The molecule has 1 saturated carbocycles. The SMILES string of the molecule is CCNC(=NCc1cccc(NC(=O)C2CCC2)c1)N(C)Cc1csc(C)n1.I. The van der Waals surface area contributed by atoms with Crippen LogP contribution in [0.5, 0.6) is 0 Å². The first-order valence-electron chi connectivity index (χ1n) is 9.85. The molecule has 0 unspecified atom stereocenters. The van der Waals surface area contributed by atoms with Gasteiger partial charge in [0.1, 0.15) is 0 Å². The van der Waals surface area contributed by atoms with Crippen LogP contribution >= 0.6 is 35.3 Å². The van der Waals surface area contributed by atoms with Gasteiger partial charge in [0.05, 0.1) is 23.8 Å². The average Bonchev–Trinajstić information content (AvgIpc) is 3.02. The number of carbonyl (C=O) groups excluding carboxylic acids is 1. The van der Waals surface area contributed by atoms with Crippen molar-refractivity contribution in [3.05, 3.63) is 45.9 Å². The number of rotatable bonds is 7. The zero-order valence-corrected chi connectivity index (χ0v) is 20.4. The Morgan fingerprint density at radius 2 is 2.17 bits per heavy atom. The molecule has 0 saturated heterocycles. The first-order chi connectivity index (χ1) is 13.5. The number of hydrogen-bond donors (Lipinski definition) is 2. The van der Waals surface area contributed by atoms with Gasteiger partial charge in [-0.1, -0.05) is 18.6 Å². The van der Waals surface area contributed by atoms with Gasteiger partial charge in [-0.3, -0.25) is 4.79 Å². The van der Waals surface area contributed by atoms with Crippen LogP contribution in [0.15, 0.2) is 34.6 Å². The summed E-state index contributed by atoms with van der Waals surface area (Å²) in [5.74, 6) is 1.17. The second-order valence-corrected chi connectivity index (χ2v) is 8.26. The molecule has 0 aliphatic heterocycles. The zero-order valence-electron chi connectivity index (χ0n) is 17.3. The number of aromatic nitrogens is 1. The molecule has 2 N–H and O–H groups in total. The molecule has 8 heteroatoms. The van der Waals surface area contributed by atoms with E-state index in [4.69, 9.17) is 4.99 Å². The van der Waals surface area contributed by atoms with E-state index in [0.29, 0.717) is 13.1 Å². The second-order valence-electron chi connectivity index (χ2n) is 7.20. The highest BCUT2D eigenvalue weighted by molar-refractivity contribution is 14.0. The minimum Gasteiger partial charge on any atom is -0.357 e. The molecule has 1 aromatic carbocycles. The maximum Gasteiger partial charge on any atom is 0.227 e. The summed E-state index contributed by atoms with van der Waals surface area (Å²) in [6.07, 6.45) is 3.17. The molecule has 2 aromatic rings. The standard InChI is InChI=1S/C21H29N5OS.HI/c1-4-22-21(26(3)13-19-14-28-15(2)24-19)23-12-16-7-5-10-18(11-16)25-20(27)17-8-6-9-17;/h5,7,10-11,14,17H,4,6,8-9,12-13H2,1-3H3,(H,22,23)(H,25,27);1H. The van der Waals surface area contributed by atoms with E-state index >= 15 is 0 Å². The van der Waals surface area contributed by atoms with Crippen molar-refractivity contribution in [3.8, 4) is 0 Å². The Morgan fingerprint density at radius 3 is 2.79 bits per heavy atom. The molecule has 158 valence electrons. The van der Waals surface area contributed by atoms with E-state index in [9.17, 15) is 4.79 Å². The number of guanidine groups is 1. The first-order valence-corrected chi connectivity index (χ1v) is 10.7. The van der Waals surface area contributed by atoms with Gasteiger partial charge in [0, 0.05) is 30.6 Å². The van der Waals surface area contributed by atoms with Crippen LogP contribution in [0.25, 0.3) is 0 Å². The molecule has 6 nitrogen and oxygen atoms in total. The molecule has 1 amide bonds. The Hall–Kier alpha value is -1.68. The molecule has 0 radical (unpaired) electrons. The van der Waals surface area contributed by atoms with E-state index in [1.54, 1.807) is 11.3 Å². The quantitative estimate of drug-likeness (QED) is 0.318. The molecule has 1 fully saturated rings. The van der Waals surface area contributed by atoms with Crippen LogP contribution in [0.4, 0.5) is 5.69 Å². The summed E-state index contributed by atoms with van der Waals surface area (Å²) in [5.41, 5.74) is 2.97. The third-order valence-corrected chi connectivity index (χ3v) is 5.67. The van der Waals surface area contributed by atoms with Gasteiger partial charge >= 0.3 is 0 Å². The van der Waals surface area contributed by atoms with Crippen molar-refractivity contribution in [2.45, 2.75) is 46.2 Å². The van der Waals surface area contributed by atoms with Gasteiger partial charge in [0.15, 0.2) is 5.96 Å². The fraction of sp³-hybridized carbons (Fsp3) is 0.476. The first kappa shape index (κ1) is 23.6. The van der Waals surface area contributed by atoms with Gasteiger partial charge in [-0.15, -0.1) is 35.3 Å². The zero-order chi connectivity index (χ0) is 19.9. The van der Waals surface area contributed by atoms with E-state index in [0.717, 1.165) is 53.7 Å². The maximum atomic E-state index is 12.2. The van der Waals surface area contributed by atoms with Crippen LogP contribution in [0.2, 0.25) is 0 Å². The van der Waals surface area contributed by atoms with E-state index < -0.39 is 0 Å². The summed E-state index contributed by atoms with van der Waals surface area (Å²) in [4.78, 5) is 23.5. The van der Waals surface area contributed by atoms with Gasteiger partial charge in [-0.05, 0) is 44.4 Å². The lowest BCUT2D eigenvalue weighted by Crippen LogP contribution is -2.38. The number of benzene rings is 1. The van der Waals surface area contributed by atoms with Gasteiger partial charge in [0.2, 0.25) is 5.91 Å². The van der Waals surface area contributed by atoms with Crippen molar-refractivity contribution in [2.24, 2.45) is 10.9 Å². The number of amides is 1. The van der Waals surface area contributed by atoms with Gasteiger partial charge in [-0.25, -0.2) is 9.98 Å². The van der Waals surface area contributed by atoms with E-state index in [1.807, 2.05) is 38.2 Å². The highest BCUT2D eigenvalue weighted by Crippen LogP contribution is 2.27. The molecule has 1 aliphatic carbocycles. The number of thiazole rings is 1. The van der Waals surface area contributed by atoms with Crippen LogP contribution in [-0.4, -0.2) is 35.3 Å². The number of aryl methyl sites for hydroxylation is 1. The minimum atomic E-state index is 0. The van der Waals surface area contributed by atoms with E-state index in [2.05, 4.69) is 32.8 Å². The third kappa shape index (κ3) is 6.95. The lowest BCUT2D eigenvalue weighted by Gasteiger charge is -2.24. The molecular formula is C21H30IN5OS. The largest absolute Gasteiger partial charge is 0.357 e. The van der Waals surface area contributed by atoms with Crippen LogP contribution in [-0.2, 0) is 17.9 Å². The third-order valence-electron chi connectivity index (χ3n) is 4.84. The van der Waals surface area contributed by atoms with Crippen molar-refractivity contribution >= 4 is 52.9 Å². The predicted octanol–water partition coefficient (Wildman–Crippen LogP) is 4.41. The van der Waals surface area contributed by atoms with Crippen molar-refractivity contribution in [1.29, 1.82) is 0 Å². The number of halogens is 1. The smallest absolute Gasteiger partial charge is 0.227 e. The number of nitrogens with one attached hydrogen (secondary N) is 2. The van der Waals surface area contributed by atoms with E-state index in [1.165, 1.54) is 0 Å². The molecule has 0 atom stereocenters. The molecule has 1 heterocycles. The van der Waals surface area contributed by atoms with Crippen molar-refractivity contribution < 1.29 is 4.79 Å². The van der Waals surface area contributed by atoms with E-state index in [-0.39, 0.29) is 35.8 Å². The highest BCUT2D eigenvalue weighted by atomic mass is 127. The predicted molar refractivity (Wildman–Crippen MR) is 131 cm³/mol. The topological polar surface area (TPSA) is 69.6 Å². The summed E-state index contributed by atoms with van der Waals surface area (Å²) in [6, 6.07) is 7.95. The highest BCUT2D eigenvalue weighted by Gasteiger charge is 2.25. The van der Waals surface area contributed by atoms with Crippen LogP contribution in [0.1, 0.15) is 42.5 Å². The number of hydrogen-bond acceptors (Lipinski definition) is 4. The average molecular weight is 527 g/mol. The summed E-state index contributed by atoms with van der Waals surface area (Å²) >= 11 is 1.66. The molecule has 1 aromatic heterocycles. The van der Waals surface area contributed by atoms with Gasteiger partial charge < -0.3 is 15.5 Å². The lowest BCUT2D eigenvalue weighted by atomic mass is 9.85. The Kier molecular flexibility index (Phi) is 9.35. The fourth-order valence-corrected chi connectivity index (χ4v) is 3.70. The van der Waals surface area contributed by atoms with Crippen molar-refractivity contribution in [1.82, 2.24) is 15.2 Å². The van der Waals surface area contributed by atoms with Gasteiger partial charge in [0.25, 0.3) is 0 Å². The van der Waals surface area contributed by atoms with Crippen molar-refractivity contribution in [3.63, 3.8) is 0 Å². The molecule has 0 bridgehead atoms. The number of nitrogens with zero attached hydrogens (tertiary/aromatic N) is 3. The Morgan fingerprint density at radius 1 is 1.38 bits per heavy atom. The number of anilines is 1. The summed E-state index contributed by atoms with van der Waals surface area (Å²) in [7, 11) is 2.02.